The van der Waals surface area contributed by atoms with Crippen LogP contribution in [-0.2, 0) is 4.79 Å². The van der Waals surface area contributed by atoms with Gasteiger partial charge in [0.15, 0.2) is 0 Å². The van der Waals surface area contributed by atoms with Gasteiger partial charge in [0.25, 0.3) is 5.91 Å². The fourth-order valence-electron chi connectivity index (χ4n) is 3.95. The lowest BCUT2D eigenvalue weighted by Crippen LogP contribution is -2.39. The van der Waals surface area contributed by atoms with Crippen LogP contribution in [0.15, 0.2) is 66.9 Å². The van der Waals surface area contributed by atoms with Crippen LogP contribution in [0.5, 0.6) is 0 Å². The van der Waals surface area contributed by atoms with E-state index in [0.717, 1.165) is 29.9 Å². The molecule has 7 heteroatoms. The summed E-state index contributed by atoms with van der Waals surface area (Å²) < 4.78 is 1.86. The van der Waals surface area contributed by atoms with Crippen molar-refractivity contribution >= 4 is 11.8 Å². The highest BCUT2D eigenvalue weighted by molar-refractivity contribution is 5.94. The molecule has 0 saturated carbocycles. The predicted octanol–water partition coefficient (Wildman–Crippen LogP) is 2.78. The normalized spacial score (nSPS) is 14.8. The highest BCUT2D eigenvalue weighted by Gasteiger charge is 2.22. The summed E-state index contributed by atoms with van der Waals surface area (Å²) >= 11 is 0. The van der Waals surface area contributed by atoms with E-state index in [1.165, 1.54) is 0 Å². The third kappa shape index (κ3) is 4.89. The zero-order valence-corrected chi connectivity index (χ0v) is 18.6. The van der Waals surface area contributed by atoms with Crippen LogP contribution in [0.4, 0.5) is 0 Å². The second kappa shape index (κ2) is 9.78. The standard InChI is InChI=1S/C25H29N5O2/c1-27(2)24(31)19-28-14-7-15-29(17-16-28)25(32)21-10-6-11-22(18-21)30-23(12-13-26-30)20-8-4-3-5-9-20/h3-6,8-13,18H,7,14-17,19H2,1-2H3. The SMILES string of the molecule is CN(C)C(=O)CN1CCCN(C(=O)c2cccc(-n3nccc3-c3ccccc3)c2)CC1. The van der Waals surface area contributed by atoms with Crippen LogP contribution in [0.25, 0.3) is 16.9 Å². The number of nitrogens with zero attached hydrogens (tertiary/aromatic N) is 5. The molecule has 0 unspecified atom stereocenters. The monoisotopic (exact) mass is 431 g/mol. The molecular formula is C25H29N5O2. The summed E-state index contributed by atoms with van der Waals surface area (Å²) in [5.41, 5.74) is 3.55. The number of amides is 2. The molecule has 0 radical (unpaired) electrons. The van der Waals surface area contributed by atoms with E-state index in [2.05, 4.69) is 10.00 Å². The predicted molar refractivity (Wildman–Crippen MR) is 125 cm³/mol. The van der Waals surface area contributed by atoms with E-state index in [1.54, 1.807) is 25.2 Å². The molecule has 0 spiro atoms. The van der Waals surface area contributed by atoms with Gasteiger partial charge in [0.1, 0.15) is 0 Å². The van der Waals surface area contributed by atoms with Crippen LogP contribution < -0.4 is 0 Å². The minimum Gasteiger partial charge on any atom is -0.348 e. The third-order valence-electron chi connectivity index (χ3n) is 5.78. The number of hydrogen-bond donors (Lipinski definition) is 0. The summed E-state index contributed by atoms with van der Waals surface area (Å²) in [5.74, 6) is 0.104. The smallest absolute Gasteiger partial charge is 0.253 e. The third-order valence-corrected chi connectivity index (χ3v) is 5.78. The molecule has 32 heavy (non-hydrogen) atoms. The van der Waals surface area contributed by atoms with E-state index in [4.69, 9.17) is 0 Å². The summed E-state index contributed by atoms with van der Waals surface area (Å²) in [7, 11) is 3.54. The minimum atomic E-state index is 0.0149. The number of benzene rings is 2. The van der Waals surface area contributed by atoms with E-state index >= 15 is 0 Å². The fourth-order valence-corrected chi connectivity index (χ4v) is 3.95. The Morgan fingerprint density at radius 1 is 0.938 bits per heavy atom. The van der Waals surface area contributed by atoms with Gasteiger partial charge in [0.05, 0.1) is 24.1 Å². The zero-order valence-electron chi connectivity index (χ0n) is 18.6. The number of carbonyl (C=O) groups is 2. The van der Waals surface area contributed by atoms with Gasteiger partial charge in [-0.2, -0.15) is 5.10 Å². The highest BCUT2D eigenvalue weighted by Crippen LogP contribution is 2.23. The molecule has 1 fully saturated rings. The van der Waals surface area contributed by atoms with Crippen molar-refractivity contribution in [3.05, 3.63) is 72.4 Å². The molecule has 1 aliphatic rings. The molecule has 166 valence electrons. The lowest BCUT2D eigenvalue weighted by atomic mass is 10.1. The van der Waals surface area contributed by atoms with Crippen molar-refractivity contribution in [3.63, 3.8) is 0 Å². The van der Waals surface area contributed by atoms with Crippen molar-refractivity contribution in [3.8, 4) is 16.9 Å². The van der Waals surface area contributed by atoms with Gasteiger partial charge in [-0.3, -0.25) is 14.5 Å². The van der Waals surface area contributed by atoms with Crippen LogP contribution in [0.1, 0.15) is 16.8 Å². The van der Waals surface area contributed by atoms with Crippen molar-refractivity contribution in [2.45, 2.75) is 6.42 Å². The summed E-state index contributed by atoms with van der Waals surface area (Å²) in [5, 5.41) is 4.49. The van der Waals surface area contributed by atoms with Gasteiger partial charge < -0.3 is 9.80 Å². The highest BCUT2D eigenvalue weighted by atomic mass is 16.2. The van der Waals surface area contributed by atoms with Gasteiger partial charge >= 0.3 is 0 Å². The lowest BCUT2D eigenvalue weighted by molar-refractivity contribution is -0.129. The maximum atomic E-state index is 13.3. The molecule has 3 aromatic rings. The van der Waals surface area contributed by atoms with E-state index in [1.807, 2.05) is 70.2 Å². The second-order valence-electron chi connectivity index (χ2n) is 8.25. The lowest BCUT2D eigenvalue weighted by Gasteiger charge is -2.23. The van der Waals surface area contributed by atoms with Gasteiger partial charge in [-0.15, -0.1) is 0 Å². The van der Waals surface area contributed by atoms with Gasteiger partial charge in [0.2, 0.25) is 5.91 Å². The average Bonchev–Trinajstić information content (AvgIpc) is 3.20. The Labute approximate surface area is 188 Å². The Hall–Kier alpha value is -3.45. The average molecular weight is 432 g/mol. The maximum Gasteiger partial charge on any atom is 0.253 e. The molecule has 0 bridgehead atoms. The first kappa shape index (κ1) is 21.8. The second-order valence-corrected chi connectivity index (χ2v) is 8.25. The molecule has 0 atom stereocenters. The van der Waals surface area contributed by atoms with E-state index in [-0.39, 0.29) is 11.8 Å². The van der Waals surface area contributed by atoms with Crippen molar-refractivity contribution < 1.29 is 9.59 Å². The van der Waals surface area contributed by atoms with Gasteiger partial charge in [-0.1, -0.05) is 36.4 Å². The molecular weight excluding hydrogens is 402 g/mol. The molecule has 1 saturated heterocycles. The maximum absolute atomic E-state index is 13.3. The number of likely N-dealkylation sites (N-methyl/N-ethyl adjacent to an activating group) is 1. The van der Waals surface area contributed by atoms with E-state index in [9.17, 15) is 9.59 Å². The number of aromatic nitrogens is 2. The van der Waals surface area contributed by atoms with Gasteiger partial charge in [0, 0.05) is 51.4 Å². The first-order valence-corrected chi connectivity index (χ1v) is 10.9. The summed E-state index contributed by atoms with van der Waals surface area (Å²) in [4.78, 5) is 30.9. The zero-order chi connectivity index (χ0) is 22.5. The van der Waals surface area contributed by atoms with Crippen molar-refractivity contribution in [1.29, 1.82) is 0 Å². The minimum absolute atomic E-state index is 0.0149. The number of rotatable bonds is 5. The van der Waals surface area contributed by atoms with E-state index in [0.29, 0.717) is 31.7 Å². The van der Waals surface area contributed by atoms with Crippen LogP contribution >= 0.6 is 0 Å². The topological polar surface area (TPSA) is 61.7 Å². The molecule has 0 aliphatic carbocycles. The Kier molecular flexibility index (Phi) is 6.66. The number of carbonyl (C=O) groups excluding carboxylic acids is 2. The molecule has 4 rings (SSSR count). The van der Waals surface area contributed by atoms with Crippen LogP contribution in [0, 0.1) is 0 Å². The Bertz CT molecular complexity index is 1080. The Morgan fingerprint density at radius 3 is 2.53 bits per heavy atom. The van der Waals surface area contributed by atoms with Crippen molar-refractivity contribution in [1.82, 2.24) is 24.5 Å². The largest absolute Gasteiger partial charge is 0.348 e. The molecule has 1 aliphatic heterocycles. The van der Waals surface area contributed by atoms with Gasteiger partial charge in [-0.25, -0.2) is 4.68 Å². The molecule has 0 N–H and O–H groups in total. The molecule has 2 heterocycles. The molecule has 1 aromatic heterocycles. The number of hydrogen-bond acceptors (Lipinski definition) is 4. The van der Waals surface area contributed by atoms with Crippen LogP contribution in [0.3, 0.4) is 0 Å². The Morgan fingerprint density at radius 2 is 1.75 bits per heavy atom. The quantitative estimate of drug-likeness (QED) is 0.623. The van der Waals surface area contributed by atoms with Crippen LogP contribution in [0.2, 0.25) is 0 Å². The summed E-state index contributed by atoms with van der Waals surface area (Å²) in [6, 6.07) is 19.7. The molecule has 2 aromatic carbocycles. The fraction of sp³-hybridized carbons (Fsp3) is 0.320. The molecule has 2 amide bonds. The Balaban J connectivity index is 1.49. The van der Waals surface area contributed by atoms with Gasteiger partial charge in [-0.05, 0) is 30.7 Å². The summed E-state index contributed by atoms with van der Waals surface area (Å²) in [6.45, 7) is 3.21. The first-order valence-electron chi connectivity index (χ1n) is 10.9. The first-order chi connectivity index (χ1) is 15.5. The van der Waals surface area contributed by atoms with Crippen molar-refractivity contribution in [2.75, 3.05) is 46.8 Å². The van der Waals surface area contributed by atoms with Crippen molar-refractivity contribution in [2.24, 2.45) is 0 Å². The molecule has 7 nitrogen and oxygen atoms in total. The summed E-state index contributed by atoms with van der Waals surface area (Å²) in [6.07, 6.45) is 2.62. The van der Waals surface area contributed by atoms with Crippen LogP contribution in [-0.4, -0.2) is 83.1 Å². The van der Waals surface area contributed by atoms with E-state index < -0.39 is 0 Å².